The van der Waals surface area contributed by atoms with Crippen LogP contribution in [0.3, 0.4) is 0 Å². The number of methoxy groups -OCH3 is 1. The van der Waals surface area contributed by atoms with Crippen molar-refractivity contribution in [3.05, 3.63) is 29.8 Å². The molecule has 0 radical (unpaired) electrons. The minimum Gasteiger partial charge on any atom is -0.452 e. The number of sulfone groups is 1. The molecule has 1 aromatic rings. The van der Waals surface area contributed by atoms with E-state index in [0.29, 0.717) is 10.6 Å². The summed E-state index contributed by atoms with van der Waals surface area (Å²) in [4.78, 5) is 11.3. The van der Waals surface area contributed by atoms with Crippen molar-refractivity contribution in [1.82, 2.24) is 5.43 Å². The molecule has 7 heteroatoms. The lowest BCUT2D eigenvalue weighted by molar-refractivity contribution is 0.171. The van der Waals surface area contributed by atoms with Crippen molar-refractivity contribution in [2.24, 2.45) is 5.10 Å². The van der Waals surface area contributed by atoms with E-state index in [2.05, 4.69) is 15.3 Å². The van der Waals surface area contributed by atoms with Gasteiger partial charge in [0.1, 0.15) is 0 Å². The molecule has 1 amide bonds. The molecule has 0 atom stereocenters. The fourth-order valence-corrected chi connectivity index (χ4v) is 4.37. The molecular weight excluding hydrogens is 304 g/mol. The van der Waals surface area contributed by atoms with Gasteiger partial charge in [0.05, 0.1) is 23.0 Å². The molecule has 0 heterocycles. The Bertz CT molecular complexity index is 659. The van der Waals surface area contributed by atoms with Crippen molar-refractivity contribution >= 4 is 21.6 Å². The van der Waals surface area contributed by atoms with Crippen molar-refractivity contribution in [3.8, 4) is 0 Å². The summed E-state index contributed by atoms with van der Waals surface area (Å²) in [5.41, 5.74) is 3.53. The molecular formula is C15H20N2O4S. The maximum atomic E-state index is 12.5. The molecule has 1 aliphatic carbocycles. The normalized spacial score (nSPS) is 16.5. The molecule has 1 N–H and O–H groups in total. The van der Waals surface area contributed by atoms with Crippen LogP contribution < -0.4 is 5.43 Å². The topological polar surface area (TPSA) is 84.8 Å². The number of carbonyl (C=O) groups is 1. The summed E-state index contributed by atoms with van der Waals surface area (Å²) in [6.45, 7) is 1.72. The quantitative estimate of drug-likeness (QED) is 0.681. The average Bonchev–Trinajstić information content (AvgIpc) is 3.07. The summed E-state index contributed by atoms with van der Waals surface area (Å²) in [7, 11) is -1.99. The van der Waals surface area contributed by atoms with Crippen molar-refractivity contribution in [1.29, 1.82) is 0 Å². The van der Waals surface area contributed by atoms with Crippen LogP contribution in [0.5, 0.6) is 0 Å². The fraction of sp³-hybridized carbons (Fsp3) is 0.467. The SMILES string of the molecule is COC(=O)NN=C(C)c1ccc(S(=O)(=O)C2CCCC2)cc1. The summed E-state index contributed by atoms with van der Waals surface area (Å²) < 4.78 is 29.4. The molecule has 6 nitrogen and oxygen atoms in total. The number of rotatable bonds is 4. The van der Waals surface area contributed by atoms with E-state index in [1.54, 1.807) is 31.2 Å². The van der Waals surface area contributed by atoms with Crippen molar-refractivity contribution in [2.75, 3.05) is 7.11 Å². The molecule has 2 rings (SSSR count). The molecule has 22 heavy (non-hydrogen) atoms. The number of benzene rings is 1. The second kappa shape index (κ2) is 6.91. The summed E-state index contributed by atoms with van der Waals surface area (Å²) >= 11 is 0. The smallest absolute Gasteiger partial charge is 0.427 e. The summed E-state index contributed by atoms with van der Waals surface area (Å²) in [6.07, 6.45) is 2.79. The highest BCUT2D eigenvalue weighted by Crippen LogP contribution is 2.29. The summed E-state index contributed by atoms with van der Waals surface area (Å²) in [5, 5.41) is 3.62. The third-order valence-corrected chi connectivity index (χ3v) is 6.12. The lowest BCUT2D eigenvalue weighted by Crippen LogP contribution is -2.19. The zero-order valence-electron chi connectivity index (χ0n) is 12.7. The van der Waals surface area contributed by atoms with Crippen LogP contribution in [0.25, 0.3) is 0 Å². The van der Waals surface area contributed by atoms with Gasteiger partial charge in [-0.15, -0.1) is 0 Å². The van der Waals surface area contributed by atoms with Crippen LogP contribution >= 0.6 is 0 Å². The molecule has 0 spiro atoms. The van der Waals surface area contributed by atoms with Crippen LogP contribution in [0.1, 0.15) is 38.2 Å². The van der Waals surface area contributed by atoms with Crippen LogP contribution in [0, 0.1) is 0 Å². The first kappa shape index (κ1) is 16.5. The molecule has 0 bridgehead atoms. The minimum absolute atomic E-state index is 0.255. The number of ether oxygens (including phenoxy) is 1. The predicted octanol–water partition coefficient (Wildman–Crippen LogP) is 2.48. The van der Waals surface area contributed by atoms with E-state index in [9.17, 15) is 13.2 Å². The van der Waals surface area contributed by atoms with E-state index in [0.717, 1.165) is 31.2 Å². The highest BCUT2D eigenvalue weighted by molar-refractivity contribution is 7.92. The highest BCUT2D eigenvalue weighted by atomic mass is 32.2. The van der Waals surface area contributed by atoms with Crippen LogP contribution in [-0.4, -0.2) is 32.6 Å². The van der Waals surface area contributed by atoms with E-state index in [1.807, 2.05) is 0 Å². The maximum absolute atomic E-state index is 12.5. The number of amides is 1. The number of carbonyl (C=O) groups excluding carboxylic acids is 1. The fourth-order valence-electron chi connectivity index (χ4n) is 2.52. The molecule has 0 aliphatic heterocycles. The van der Waals surface area contributed by atoms with Gasteiger partial charge in [-0.25, -0.2) is 18.6 Å². The Balaban J connectivity index is 2.14. The van der Waals surface area contributed by atoms with Crippen LogP contribution in [0.2, 0.25) is 0 Å². The van der Waals surface area contributed by atoms with Gasteiger partial charge < -0.3 is 4.74 Å². The average molecular weight is 324 g/mol. The zero-order valence-corrected chi connectivity index (χ0v) is 13.5. The summed E-state index contributed by atoms with van der Waals surface area (Å²) in [5.74, 6) is 0. The van der Waals surface area contributed by atoms with E-state index < -0.39 is 15.9 Å². The highest BCUT2D eigenvalue weighted by Gasteiger charge is 2.30. The Hall–Kier alpha value is -1.89. The van der Waals surface area contributed by atoms with Gasteiger partial charge in [-0.1, -0.05) is 25.0 Å². The van der Waals surface area contributed by atoms with Gasteiger partial charge in [0, 0.05) is 0 Å². The lowest BCUT2D eigenvalue weighted by atomic mass is 10.1. The number of hydrogen-bond acceptors (Lipinski definition) is 5. The largest absolute Gasteiger partial charge is 0.452 e. The van der Waals surface area contributed by atoms with E-state index in [4.69, 9.17) is 0 Å². The summed E-state index contributed by atoms with van der Waals surface area (Å²) in [6, 6.07) is 6.58. The lowest BCUT2D eigenvalue weighted by Gasteiger charge is -2.11. The molecule has 0 unspecified atom stereocenters. The van der Waals surface area contributed by atoms with Gasteiger partial charge in [-0.05, 0) is 37.5 Å². The monoisotopic (exact) mass is 324 g/mol. The molecule has 1 aromatic carbocycles. The Morgan fingerprint density at radius 1 is 1.23 bits per heavy atom. The molecule has 0 saturated heterocycles. The molecule has 120 valence electrons. The number of hydrogen-bond donors (Lipinski definition) is 1. The van der Waals surface area contributed by atoms with Crippen molar-refractivity contribution in [3.63, 3.8) is 0 Å². The van der Waals surface area contributed by atoms with Gasteiger partial charge in [-0.3, -0.25) is 0 Å². The van der Waals surface area contributed by atoms with Crippen molar-refractivity contribution in [2.45, 2.75) is 42.8 Å². The first-order valence-electron chi connectivity index (χ1n) is 7.17. The standard InChI is InChI=1S/C15H20N2O4S/c1-11(16-17-15(18)21-2)12-7-9-14(10-8-12)22(19,20)13-5-3-4-6-13/h7-10,13H,3-6H2,1-2H3,(H,17,18). The second-order valence-corrected chi connectivity index (χ2v) is 7.50. The maximum Gasteiger partial charge on any atom is 0.427 e. The van der Waals surface area contributed by atoms with Crippen LogP contribution in [0.15, 0.2) is 34.3 Å². The Labute approximate surface area is 130 Å². The predicted molar refractivity (Wildman–Crippen MR) is 83.6 cm³/mol. The van der Waals surface area contributed by atoms with Gasteiger partial charge in [0.2, 0.25) is 0 Å². The minimum atomic E-state index is -3.24. The molecule has 0 aromatic heterocycles. The van der Waals surface area contributed by atoms with Gasteiger partial charge >= 0.3 is 6.09 Å². The van der Waals surface area contributed by atoms with E-state index in [-0.39, 0.29) is 5.25 Å². The van der Waals surface area contributed by atoms with Gasteiger partial charge in [-0.2, -0.15) is 5.10 Å². The Kier molecular flexibility index (Phi) is 5.18. The van der Waals surface area contributed by atoms with E-state index in [1.165, 1.54) is 7.11 Å². The van der Waals surface area contributed by atoms with E-state index >= 15 is 0 Å². The zero-order chi connectivity index (χ0) is 16.2. The Morgan fingerprint density at radius 3 is 2.36 bits per heavy atom. The number of nitrogens with zero attached hydrogens (tertiary/aromatic N) is 1. The first-order chi connectivity index (χ1) is 10.4. The number of hydrazone groups is 1. The third kappa shape index (κ3) is 3.65. The van der Waals surface area contributed by atoms with Crippen molar-refractivity contribution < 1.29 is 17.9 Å². The molecule has 1 saturated carbocycles. The Morgan fingerprint density at radius 2 is 1.82 bits per heavy atom. The molecule has 1 fully saturated rings. The third-order valence-electron chi connectivity index (χ3n) is 3.84. The van der Waals surface area contributed by atoms with Crippen LogP contribution in [0.4, 0.5) is 4.79 Å². The first-order valence-corrected chi connectivity index (χ1v) is 8.72. The number of nitrogens with one attached hydrogen (secondary N) is 1. The second-order valence-electron chi connectivity index (χ2n) is 5.28. The van der Waals surface area contributed by atoms with Gasteiger partial charge in [0.25, 0.3) is 0 Å². The molecule has 1 aliphatic rings. The van der Waals surface area contributed by atoms with Crippen LogP contribution in [-0.2, 0) is 14.6 Å². The van der Waals surface area contributed by atoms with Gasteiger partial charge in [0.15, 0.2) is 9.84 Å².